The molecule has 2 fully saturated rings. The second-order valence-corrected chi connectivity index (χ2v) is 22.5. The zero-order valence-electron chi connectivity index (χ0n) is 49.6. The summed E-state index contributed by atoms with van der Waals surface area (Å²) in [4.78, 5) is 66.8. The summed E-state index contributed by atoms with van der Waals surface area (Å²) in [5, 5.41) is 0. The quantitative estimate of drug-likeness (QED) is 0.0361. The van der Waals surface area contributed by atoms with Crippen molar-refractivity contribution in [3.05, 3.63) is 165 Å². The Kier molecular flexibility index (Phi) is 22.1. The maximum absolute atomic E-state index is 14.3. The minimum absolute atomic E-state index is 0.148. The Morgan fingerprint density at radius 3 is 1.39 bits per heavy atom. The lowest BCUT2D eigenvalue weighted by Crippen LogP contribution is -2.48. The van der Waals surface area contributed by atoms with Crippen molar-refractivity contribution in [1.82, 2.24) is 14.7 Å². The third-order valence-electron chi connectivity index (χ3n) is 17.4. The van der Waals surface area contributed by atoms with Gasteiger partial charge in [-0.05, 0) is 176 Å². The molecule has 446 valence electrons. The Morgan fingerprint density at radius 1 is 0.542 bits per heavy atom. The van der Waals surface area contributed by atoms with E-state index < -0.39 is 58.1 Å². The van der Waals surface area contributed by atoms with Crippen molar-refractivity contribution in [3.63, 3.8) is 0 Å². The smallest absolute Gasteiger partial charge is 0.338 e. The van der Waals surface area contributed by atoms with Crippen LogP contribution in [0.25, 0.3) is 0 Å². The fourth-order valence-corrected chi connectivity index (χ4v) is 13.0. The van der Waals surface area contributed by atoms with Crippen molar-refractivity contribution in [2.24, 2.45) is 21.8 Å². The Bertz CT molecular complexity index is 3040. The summed E-state index contributed by atoms with van der Waals surface area (Å²) in [6.45, 7) is 13.2. The first-order chi connectivity index (χ1) is 39.8. The molecule has 3 atom stereocenters. The van der Waals surface area contributed by atoms with E-state index in [0.29, 0.717) is 77.3 Å². The van der Waals surface area contributed by atoms with Crippen molar-refractivity contribution in [2.45, 2.75) is 135 Å². The predicted molar refractivity (Wildman–Crippen MR) is 312 cm³/mol. The molecule has 3 aliphatic heterocycles. The number of benzene rings is 4. The summed E-state index contributed by atoms with van der Waals surface area (Å²) in [7, 11) is 5.54. The van der Waals surface area contributed by atoms with Crippen molar-refractivity contribution >= 4 is 35.5 Å². The highest BCUT2D eigenvalue weighted by atomic mass is 19.2. The topological polar surface area (TPSA) is 140 Å². The molecule has 1 saturated carbocycles. The van der Waals surface area contributed by atoms with Crippen LogP contribution in [0.4, 0.5) is 17.6 Å². The number of halogens is 4. The lowest BCUT2D eigenvalue weighted by atomic mass is 9.65. The molecule has 8 rings (SSSR count). The third-order valence-corrected chi connectivity index (χ3v) is 17.4. The lowest BCUT2D eigenvalue weighted by molar-refractivity contribution is -0.150. The van der Waals surface area contributed by atoms with Gasteiger partial charge in [0.15, 0.2) is 23.3 Å². The molecule has 4 aromatic carbocycles. The van der Waals surface area contributed by atoms with E-state index >= 15 is 0 Å². The Labute approximate surface area is 486 Å². The van der Waals surface area contributed by atoms with Crippen molar-refractivity contribution in [3.8, 4) is 0 Å². The zero-order valence-corrected chi connectivity index (χ0v) is 49.6. The fraction of sp³-hybridized carbons (Fsp3) is 0.485. The van der Waals surface area contributed by atoms with Crippen LogP contribution in [0.3, 0.4) is 0 Å². The highest BCUT2D eigenvalue weighted by molar-refractivity contribution is 5.96. The number of hydrogen-bond donors (Lipinski definition) is 0. The second kappa shape index (κ2) is 28.9. The maximum atomic E-state index is 14.3. The molecule has 2 unspecified atom stereocenters. The number of hydrogen-bond acceptors (Lipinski definition) is 13. The van der Waals surface area contributed by atoms with Gasteiger partial charge in [0.25, 0.3) is 0 Å². The van der Waals surface area contributed by atoms with Gasteiger partial charge in [0.05, 0.1) is 73.9 Å². The van der Waals surface area contributed by atoms with Gasteiger partial charge in [-0.3, -0.25) is 9.59 Å². The number of ether oxygens (including phenoxy) is 4. The van der Waals surface area contributed by atoms with Crippen LogP contribution in [0, 0.1) is 35.1 Å². The molecule has 0 spiro atoms. The number of methoxy groups -OCH3 is 4. The van der Waals surface area contributed by atoms with Crippen molar-refractivity contribution in [1.29, 1.82) is 0 Å². The van der Waals surface area contributed by atoms with Crippen LogP contribution < -0.4 is 0 Å². The van der Waals surface area contributed by atoms with Gasteiger partial charge in [-0.2, -0.15) is 0 Å². The van der Waals surface area contributed by atoms with Crippen molar-refractivity contribution < 1.29 is 55.7 Å². The van der Waals surface area contributed by atoms with E-state index in [9.17, 15) is 36.7 Å². The van der Waals surface area contributed by atoms with Gasteiger partial charge in [-0.1, -0.05) is 86.1 Å². The van der Waals surface area contributed by atoms with Gasteiger partial charge in [0, 0.05) is 13.1 Å². The number of carbonyl (C=O) groups excluding carboxylic acids is 4. The monoisotopic (exact) mass is 1150 g/mol. The number of unbranched alkanes of at least 4 members (excludes halogenated alkanes) is 2. The normalized spacial score (nSPS) is 21.2. The summed E-state index contributed by atoms with van der Waals surface area (Å²) in [5.74, 6) is -2.77. The first-order valence-corrected chi connectivity index (χ1v) is 28.9. The Balaban J connectivity index is 0.000000239. The highest BCUT2D eigenvalue weighted by Crippen LogP contribution is 2.45. The van der Waals surface area contributed by atoms with E-state index in [-0.39, 0.29) is 11.9 Å². The summed E-state index contributed by atoms with van der Waals surface area (Å²) in [6, 6.07) is 26.1. The van der Waals surface area contributed by atoms with Gasteiger partial charge in [-0.15, -0.1) is 0 Å². The maximum Gasteiger partial charge on any atom is 0.338 e. The molecular formula is C66H81F4N5O8. The van der Waals surface area contributed by atoms with Crippen LogP contribution >= 0.6 is 0 Å². The zero-order chi connectivity index (χ0) is 60.0. The molecule has 0 N–H and O–H groups in total. The molecule has 1 saturated heterocycles. The number of likely N-dealkylation sites (tertiary alicyclic amines) is 1. The van der Waals surface area contributed by atoms with E-state index in [1.165, 1.54) is 40.6 Å². The van der Waals surface area contributed by atoms with E-state index in [1.54, 1.807) is 13.8 Å². The number of esters is 4. The average Bonchev–Trinajstić information content (AvgIpc) is 3.52. The molecule has 1 aliphatic carbocycles. The first kappa shape index (κ1) is 63.4. The minimum Gasteiger partial charge on any atom is -0.468 e. The van der Waals surface area contributed by atoms with Gasteiger partial charge < -0.3 is 33.6 Å². The van der Waals surface area contributed by atoms with Gasteiger partial charge in [0.1, 0.15) is 11.7 Å². The largest absolute Gasteiger partial charge is 0.468 e. The van der Waals surface area contributed by atoms with Crippen molar-refractivity contribution in [2.75, 3.05) is 61.2 Å². The SMILES string of the molecule is COC(=O)C1=C(C)N=C(C)N(CCCCCN2CCC(C(=O)OC)(c3ccccc3)CC2)C1c1ccc(F)c(F)c1.COC(=O)C1=C(C)N=C(C)N(CCC[C@H](C)CC2CCC(C(=O)OC)(c3ccccc3)CC2)C1c1ccc(F)c(F)c1. The predicted octanol–water partition coefficient (Wildman–Crippen LogP) is 12.9. The highest BCUT2D eigenvalue weighted by Gasteiger charge is 2.46. The number of allylic oxidation sites excluding steroid dienone is 2. The van der Waals surface area contributed by atoms with Gasteiger partial charge in [0.2, 0.25) is 0 Å². The van der Waals surface area contributed by atoms with E-state index in [2.05, 4.69) is 21.8 Å². The molecule has 0 aromatic heterocycles. The molecule has 0 radical (unpaired) electrons. The average molecular weight is 1150 g/mol. The number of aliphatic imine (C=N–C) groups is 2. The molecular weight excluding hydrogens is 1070 g/mol. The summed E-state index contributed by atoms with van der Waals surface area (Å²) in [6.07, 6.45) is 10.5. The minimum atomic E-state index is -0.963. The molecule has 4 aromatic rings. The standard InChI is InChI=1S/C34H42F2N2O4.C32H39F2N3O4/c1-22(20-25-15-17-34(18-16-25,33(40)42-5)27-11-7-6-8-12-27)10-9-19-38-24(3)37-23(2)30(32(39)41-4)31(38)26-13-14-28(35)29(36)21-26;1-22-28(30(38)40-3)29(24-13-14-26(33)27(34)21-24)37(23(2)35-22)18-10-6-9-17-36-19-15-32(16-20-36,31(39)41-4)25-11-7-5-8-12-25/h6-8,11-14,21-22,25,31H,9-10,15-20H2,1-5H3;5,7-8,11-14,21,29H,6,9-10,15-20H2,1-4H3/t22-,25?,31?,34?;/m0./s1. The number of piperidine rings is 1. The number of carbonyl (C=O) groups is 4. The van der Waals surface area contributed by atoms with E-state index in [1.807, 2.05) is 84.3 Å². The fourth-order valence-electron chi connectivity index (χ4n) is 13.0. The first-order valence-electron chi connectivity index (χ1n) is 28.9. The summed E-state index contributed by atoms with van der Waals surface area (Å²) < 4.78 is 76.5. The molecule has 17 heteroatoms. The van der Waals surface area contributed by atoms with Crippen LogP contribution in [-0.2, 0) is 49.0 Å². The lowest BCUT2D eigenvalue weighted by Gasteiger charge is -2.40. The second-order valence-electron chi connectivity index (χ2n) is 22.5. The number of amidine groups is 2. The van der Waals surface area contributed by atoms with Gasteiger partial charge >= 0.3 is 23.9 Å². The molecule has 83 heavy (non-hydrogen) atoms. The van der Waals surface area contributed by atoms with Crippen LogP contribution in [0.2, 0.25) is 0 Å². The molecule has 3 heterocycles. The van der Waals surface area contributed by atoms with Crippen LogP contribution in [0.15, 0.2) is 130 Å². The molecule has 4 aliphatic rings. The number of nitrogens with zero attached hydrogens (tertiary/aromatic N) is 5. The summed E-state index contributed by atoms with van der Waals surface area (Å²) in [5.41, 5.74) is 3.49. The third kappa shape index (κ3) is 14.6. The molecule has 0 bridgehead atoms. The molecule has 0 amide bonds. The van der Waals surface area contributed by atoms with Crippen LogP contribution in [-0.4, -0.2) is 111 Å². The number of rotatable bonds is 20. The Morgan fingerprint density at radius 2 is 0.964 bits per heavy atom. The van der Waals surface area contributed by atoms with Crippen LogP contribution in [0.5, 0.6) is 0 Å². The summed E-state index contributed by atoms with van der Waals surface area (Å²) >= 11 is 0. The van der Waals surface area contributed by atoms with E-state index in [0.717, 1.165) is 125 Å². The Hall–Kier alpha value is -7.14. The molecule has 13 nitrogen and oxygen atoms in total. The van der Waals surface area contributed by atoms with Crippen LogP contribution in [0.1, 0.15) is 146 Å². The van der Waals surface area contributed by atoms with Gasteiger partial charge in [-0.25, -0.2) is 37.1 Å². The van der Waals surface area contributed by atoms with E-state index in [4.69, 9.17) is 18.9 Å².